The van der Waals surface area contributed by atoms with Crippen LogP contribution in [0.25, 0.3) is 0 Å². The lowest BCUT2D eigenvalue weighted by Gasteiger charge is -2.31. The number of rotatable bonds is 3. The van der Waals surface area contributed by atoms with Crippen molar-refractivity contribution >= 4 is 29.1 Å². The Kier molecular flexibility index (Phi) is 5.62. The van der Waals surface area contributed by atoms with Gasteiger partial charge in [0.2, 0.25) is 5.91 Å². The number of carbonyl (C=O) groups is 2. The first-order valence-corrected chi connectivity index (χ1v) is 9.25. The van der Waals surface area contributed by atoms with E-state index in [0.717, 1.165) is 11.3 Å². The lowest BCUT2D eigenvalue weighted by Crippen LogP contribution is -2.41. The lowest BCUT2D eigenvalue weighted by molar-refractivity contribution is -0.121. The zero-order valence-corrected chi connectivity index (χ0v) is 15.8. The zero-order valence-electron chi connectivity index (χ0n) is 15.1. The first kappa shape index (κ1) is 18.5. The molecule has 0 radical (unpaired) electrons. The summed E-state index contributed by atoms with van der Waals surface area (Å²) in [4.78, 5) is 26.9. The Hall–Kier alpha value is -2.33. The number of piperidine rings is 1. The summed E-state index contributed by atoms with van der Waals surface area (Å²) in [5.74, 6) is -0.0320. The maximum atomic E-state index is 12.6. The molecule has 1 heterocycles. The molecule has 0 aliphatic carbocycles. The van der Waals surface area contributed by atoms with Crippen LogP contribution >= 0.6 is 11.6 Å². The van der Waals surface area contributed by atoms with Crippen LogP contribution in [0, 0.1) is 19.8 Å². The van der Waals surface area contributed by atoms with Gasteiger partial charge in [-0.25, -0.2) is 0 Å². The third-order valence-electron chi connectivity index (χ3n) is 4.88. The fourth-order valence-electron chi connectivity index (χ4n) is 3.31. The zero-order chi connectivity index (χ0) is 18.7. The highest BCUT2D eigenvalue weighted by molar-refractivity contribution is 6.30. The maximum absolute atomic E-state index is 12.6. The minimum Gasteiger partial charge on any atom is -0.339 e. The van der Waals surface area contributed by atoms with Gasteiger partial charge < -0.3 is 10.2 Å². The summed E-state index contributed by atoms with van der Waals surface area (Å²) in [7, 11) is 0. The van der Waals surface area contributed by atoms with Crippen LogP contribution in [-0.2, 0) is 4.79 Å². The molecule has 2 amide bonds. The van der Waals surface area contributed by atoms with E-state index in [4.69, 9.17) is 11.6 Å². The van der Waals surface area contributed by atoms with Crippen molar-refractivity contribution in [3.8, 4) is 0 Å². The van der Waals surface area contributed by atoms with Gasteiger partial charge in [0.05, 0.1) is 0 Å². The summed E-state index contributed by atoms with van der Waals surface area (Å²) < 4.78 is 0. The summed E-state index contributed by atoms with van der Waals surface area (Å²) in [5.41, 5.74) is 3.73. The molecule has 2 aromatic rings. The van der Waals surface area contributed by atoms with E-state index in [1.807, 2.05) is 30.9 Å². The van der Waals surface area contributed by atoms with Gasteiger partial charge in [0.25, 0.3) is 5.91 Å². The van der Waals surface area contributed by atoms with Crippen LogP contribution in [0.15, 0.2) is 42.5 Å². The lowest BCUT2D eigenvalue weighted by atomic mass is 9.95. The molecule has 0 bridgehead atoms. The van der Waals surface area contributed by atoms with Crippen molar-refractivity contribution in [2.24, 2.45) is 5.92 Å². The van der Waals surface area contributed by atoms with Gasteiger partial charge in [0, 0.05) is 35.3 Å². The molecule has 0 atom stereocenters. The number of amides is 2. The summed E-state index contributed by atoms with van der Waals surface area (Å²) in [6, 6.07) is 12.9. The monoisotopic (exact) mass is 370 g/mol. The van der Waals surface area contributed by atoms with Crippen molar-refractivity contribution in [1.82, 2.24) is 4.90 Å². The normalized spacial score (nSPS) is 15.0. The molecule has 1 aliphatic rings. The third-order valence-corrected chi connectivity index (χ3v) is 5.14. The number of nitrogens with zero attached hydrogens (tertiary/aromatic N) is 1. The Morgan fingerprint density at radius 2 is 1.69 bits per heavy atom. The topological polar surface area (TPSA) is 49.4 Å². The van der Waals surface area contributed by atoms with Crippen molar-refractivity contribution in [3.05, 3.63) is 64.2 Å². The second-order valence-corrected chi connectivity index (χ2v) is 7.32. The molecular weight excluding hydrogens is 348 g/mol. The third kappa shape index (κ3) is 4.25. The Labute approximate surface area is 159 Å². The Balaban J connectivity index is 1.56. The van der Waals surface area contributed by atoms with Crippen molar-refractivity contribution < 1.29 is 9.59 Å². The van der Waals surface area contributed by atoms with E-state index in [1.54, 1.807) is 24.3 Å². The standard InChI is InChI=1S/C21H23ClN2O2/c1-14-3-8-19(15(2)13-14)23-20(25)16-9-11-24(12-10-16)21(26)17-4-6-18(22)7-5-17/h3-8,13,16H,9-12H2,1-2H3,(H,23,25). The van der Waals surface area contributed by atoms with Crippen LogP contribution in [0.3, 0.4) is 0 Å². The van der Waals surface area contributed by atoms with Crippen LogP contribution < -0.4 is 5.32 Å². The summed E-state index contributed by atoms with van der Waals surface area (Å²) in [5, 5.41) is 3.65. The maximum Gasteiger partial charge on any atom is 0.253 e. The molecule has 1 fully saturated rings. The highest BCUT2D eigenvalue weighted by Gasteiger charge is 2.28. The molecule has 1 saturated heterocycles. The smallest absolute Gasteiger partial charge is 0.253 e. The minimum absolute atomic E-state index is 0.00472. The molecule has 0 unspecified atom stereocenters. The van der Waals surface area contributed by atoms with E-state index in [9.17, 15) is 9.59 Å². The van der Waals surface area contributed by atoms with Crippen molar-refractivity contribution in [1.29, 1.82) is 0 Å². The predicted molar refractivity (Wildman–Crippen MR) is 105 cm³/mol. The number of halogens is 1. The molecule has 1 aliphatic heterocycles. The van der Waals surface area contributed by atoms with Gasteiger partial charge in [0.15, 0.2) is 0 Å². The number of carbonyl (C=O) groups excluding carboxylic acids is 2. The number of nitrogens with one attached hydrogen (secondary N) is 1. The van der Waals surface area contributed by atoms with Crippen molar-refractivity contribution in [3.63, 3.8) is 0 Å². The van der Waals surface area contributed by atoms with E-state index < -0.39 is 0 Å². The number of hydrogen-bond donors (Lipinski definition) is 1. The van der Waals surface area contributed by atoms with Crippen LogP contribution in [-0.4, -0.2) is 29.8 Å². The van der Waals surface area contributed by atoms with Crippen molar-refractivity contribution in [2.75, 3.05) is 18.4 Å². The van der Waals surface area contributed by atoms with E-state index >= 15 is 0 Å². The van der Waals surface area contributed by atoms with E-state index in [-0.39, 0.29) is 17.7 Å². The van der Waals surface area contributed by atoms with Crippen LogP contribution in [0.2, 0.25) is 5.02 Å². The molecule has 0 saturated carbocycles. The summed E-state index contributed by atoms with van der Waals surface area (Å²) in [6.07, 6.45) is 1.35. The Morgan fingerprint density at radius 1 is 1.04 bits per heavy atom. The van der Waals surface area contributed by atoms with Gasteiger partial charge in [-0.3, -0.25) is 9.59 Å². The molecule has 0 spiro atoms. The van der Waals surface area contributed by atoms with E-state index in [0.29, 0.717) is 36.5 Å². The van der Waals surface area contributed by atoms with E-state index in [1.165, 1.54) is 5.56 Å². The van der Waals surface area contributed by atoms with Gasteiger partial charge in [-0.15, -0.1) is 0 Å². The molecule has 4 nitrogen and oxygen atoms in total. The Morgan fingerprint density at radius 3 is 2.31 bits per heavy atom. The SMILES string of the molecule is Cc1ccc(NC(=O)C2CCN(C(=O)c3ccc(Cl)cc3)CC2)c(C)c1. The van der Waals surface area contributed by atoms with Gasteiger partial charge >= 0.3 is 0 Å². The minimum atomic E-state index is -0.0648. The summed E-state index contributed by atoms with van der Waals surface area (Å²) in [6.45, 7) is 5.21. The average molecular weight is 371 g/mol. The predicted octanol–water partition coefficient (Wildman–Crippen LogP) is 4.45. The summed E-state index contributed by atoms with van der Waals surface area (Å²) >= 11 is 5.87. The van der Waals surface area contributed by atoms with Gasteiger partial charge in [-0.2, -0.15) is 0 Å². The van der Waals surface area contributed by atoms with Crippen LogP contribution in [0.4, 0.5) is 5.69 Å². The molecule has 2 aromatic carbocycles. The highest BCUT2D eigenvalue weighted by Crippen LogP contribution is 2.23. The van der Waals surface area contributed by atoms with Crippen LogP contribution in [0.5, 0.6) is 0 Å². The first-order chi connectivity index (χ1) is 12.4. The molecule has 1 N–H and O–H groups in total. The molecular formula is C21H23ClN2O2. The first-order valence-electron chi connectivity index (χ1n) is 8.87. The van der Waals surface area contributed by atoms with Gasteiger partial charge in [0.1, 0.15) is 0 Å². The van der Waals surface area contributed by atoms with E-state index in [2.05, 4.69) is 11.4 Å². The molecule has 136 valence electrons. The van der Waals surface area contributed by atoms with Crippen LogP contribution in [0.1, 0.15) is 34.3 Å². The second-order valence-electron chi connectivity index (χ2n) is 6.88. The van der Waals surface area contributed by atoms with Crippen molar-refractivity contribution in [2.45, 2.75) is 26.7 Å². The second kappa shape index (κ2) is 7.92. The quantitative estimate of drug-likeness (QED) is 0.867. The molecule has 5 heteroatoms. The molecule has 26 heavy (non-hydrogen) atoms. The fraction of sp³-hybridized carbons (Fsp3) is 0.333. The number of hydrogen-bond acceptors (Lipinski definition) is 2. The number of aryl methyl sites for hydroxylation is 2. The molecule has 3 rings (SSSR count). The number of anilines is 1. The molecule has 0 aromatic heterocycles. The Bertz CT molecular complexity index is 809. The number of benzene rings is 2. The van der Waals surface area contributed by atoms with Gasteiger partial charge in [-0.1, -0.05) is 29.3 Å². The average Bonchev–Trinajstić information content (AvgIpc) is 2.64. The number of likely N-dealkylation sites (tertiary alicyclic amines) is 1. The highest BCUT2D eigenvalue weighted by atomic mass is 35.5. The largest absolute Gasteiger partial charge is 0.339 e. The van der Waals surface area contributed by atoms with Gasteiger partial charge in [-0.05, 0) is 62.6 Å². The fourth-order valence-corrected chi connectivity index (χ4v) is 3.43.